The number of pyridine rings is 1. The molecule has 0 saturated carbocycles. The summed E-state index contributed by atoms with van der Waals surface area (Å²) in [5.74, 6) is 0.582. The first kappa shape index (κ1) is 15.3. The van der Waals surface area contributed by atoms with Gasteiger partial charge in [0.2, 0.25) is 5.88 Å². The van der Waals surface area contributed by atoms with Crippen LogP contribution in [-0.2, 0) is 13.1 Å². The Balaban J connectivity index is 2.18. The van der Waals surface area contributed by atoms with Crippen molar-refractivity contribution < 1.29 is 9.84 Å². The summed E-state index contributed by atoms with van der Waals surface area (Å²) in [5, 5.41) is 16.8. The first-order chi connectivity index (χ1) is 10.1. The van der Waals surface area contributed by atoms with Crippen molar-refractivity contribution in [1.82, 2.24) is 14.8 Å². The zero-order chi connectivity index (χ0) is 15.4. The summed E-state index contributed by atoms with van der Waals surface area (Å²) >= 11 is 0. The van der Waals surface area contributed by atoms with E-state index in [1.54, 1.807) is 13.3 Å². The minimum Gasteiger partial charge on any atom is -0.480 e. The maximum absolute atomic E-state index is 9.05. The predicted molar refractivity (Wildman–Crippen MR) is 81.6 cm³/mol. The highest BCUT2D eigenvalue weighted by Crippen LogP contribution is 2.23. The van der Waals surface area contributed by atoms with E-state index >= 15 is 0 Å². The zero-order valence-electron chi connectivity index (χ0n) is 13.0. The van der Waals surface area contributed by atoms with Crippen LogP contribution in [0.3, 0.4) is 0 Å². The van der Waals surface area contributed by atoms with Crippen LogP contribution in [0.1, 0.15) is 22.5 Å². The minimum absolute atomic E-state index is 0.0877. The molecule has 0 amide bonds. The number of nitrogens with one attached hydrogen (secondary N) is 1. The second kappa shape index (κ2) is 6.58. The van der Waals surface area contributed by atoms with Crippen molar-refractivity contribution in [3.05, 3.63) is 34.8 Å². The van der Waals surface area contributed by atoms with Crippen molar-refractivity contribution in [2.45, 2.75) is 33.9 Å². The molecule has 0 atom stereocenters. The number of hydrogen-bond donors (Lipinski definition) is 2. The van der Waals surface area contributed by atoms with Gasteiger partial charge in [-0.3, -0.25) is 4.68 Å². The average molecular weight is 290 g/mol. The summed E-state index contributed by atoms with van der Waals surface area (Å²) in [4.78, 5) is 4.25. The highest BCUT2D eigenvalue weighted by Gasteiger charge is 2.12. The fourth-order valence-corrected chi connectivity index (χ4v) is 2.33. The van der Waals surface area contributed by atoms with Crippen LogP contribution >= 0.6 is 0 Å². The lowest BCUT2D eigenvalue weighted by Gasteiger charge is -2.11. The van der Waals surface area contributed by atoms with Crippen LogP contribution in [0.4, 0.5) is 5.69 Å². The van der Waals surface area contributed by atoms with Crippen LogP contribution in [-0.4, -0.2) is 33.6 Å². The Morgan fingerprint density at radius 3 is 2.76 bits per heavy atom. The molecule has 0 unspecified atom stereocenters. The molecule has 2 rings (SSSR count). The third-order valence-corrected chi connectivity index (χ3v) is 3.48. The van der Waals surface area contributed by atoms with E-state index in [9.17, 15) is 0 Å². The molecule has 0 bridgehead atoms. The van der Waals surface area contributed by atoms with Crippen LogP contribution in [0, 0.1) is 20.8 Å². The average Bonchev–Trinajstić information content (AvgIpc) is 2.72. The molecule has 0 saturated heterocycles. The number of ether oxygens (including phenoxy) is 1. The Morgan fingerprint density at radius 2 is 2.10 bits per heavy atom. The topological polar surface area (TPSA) is 72.2 Å². The third-order valence-electron chi connectivity index (χ3n) is 3.48. The van der Waals surface area contributed by atoms with E-state index in [1.165, 1.54) is 0 Å². The van der Waals surface area contributed by atoms with Gasteiger partial charge in [0.1, 0.15) is 0 Å². The number of rotatable bonds is 6. The second-order valence-corrected chi connectivity index (χ2v) is 5.02. The van der Waals surface area contributed by atoms with E-state index in [1.807, 2.05) is 31.5 Å². The van der Waals surface area contributed by atoms with Crippen molar-refractivity contribution in [2.24, 2.45) is 0 Å². The maximum Gasteiger partial charge on any atom is 0.237 e. The van der Waals surface area contributed by atoms with E-state index < -0.39 is 0 Å². The fraction of sp³-hybridized carbons (Fsp3) is 0.467. The standard InChI is InChI=1S/C15H22N4O2/c1-10-7-14(15(21-4)17-8-10)16-9-13-11(2)18-19(5-6-20)12(13)3/h7-8,16,20H,5-6,9H2,1-4H3. The Labute approximate surface area is 124 Å². The Bertz CT molecular complexity index is 622. The minimum atomic E-state index is 0.0877. The first-order valence-electron chi connectivity index (χ1n) is 6.95. The van der Waals surface area contributed by atoms with E-state index in [4.69, 9.17) is 9.84 Å². The van der Waals surface area contributed by atoms with Crippen LogP contribution < -0.4 is 10.1 Å². The zero-order valence-corrected chi connectivity index (χ0v) is 13.0. The number of aryl methyl sites for hydroxylation is 2. The van der Waals surface area contributed by atoms with Crippen LogP contribution in [0.2, 0.25) is 0 Å². The molecular weight excluding hydrogens is 268 g/mol. The Kier molecular flexibility index (Phi) is 4.80. The van der Waals surface area contributed by atoms with Gasteiger partial charge in [0.25, 0.3) is 0 Å². The number of aromatic nitrogens is 3. The molecule has 6 heteroatoms. The third kappa shape index (κ3) is 3.33. The van der Waals surface area contributed by atoms with Gasteiger partial charge < -0.3 is 15.2 Å². The van der Waals surface area contributed by atoms with E-state index in [0.29, 0.717) is 19.0 Å². The molecule has 2 heterocycles. The lowest BCUT2D eigenvalue weighted by atomic mass is 10.2. The molecule has 2 aromatic rings. The first-order valence-corrected chi connectivity index (χ1v) is 6.95. The molecule has 2 N–H and O–H groups in total. The monoisotopic (exact) mass is 290 g/mol. The summed E-state index contributed by atoms with van der Waals surface area (Å²) in [6, 6.07) is 2.01. The van der Waals surface area contributed by atoms with Gasteiger partial charge in [-0.15, -0.1) is 0 Å². The van der Waals surface area contributed by atoms with Crippen molar-refractivity contribution in [2.75, 3.05) is 19.0 Å². The lowest BCUT2D eigenvalue weighted by Crippen LogP contribution is -2.07. The van der Waals surface area contributed by atoms with Gasteiger partial charge in [0.15, 0.2) is 0 Å². The molecule has 0 spiro atoms. The molecule has 2 aromatic heterocycles. The summed E-state index contributed by atoms with van der Waals surface area (Å²) in [6.07, 6.45) is 1.78. The number of methoxy groups -OCH3 is 1. The fourth-order valence-electron chi connectivity index (χ4n) is 2.33. The molecule has 114 valence electrons. The molecule has 0 radical (unpaired) electrons. The van der Waals surface area contributed by atoms with Gasteiger partial charge >= 0.3 is 0 Å². The van der Waals surface area contributed by atoms with Crippen LogP contribution in [0.15, 0.2) is 12.3 Å². The maximum atomic E-state index is 9.05. The van der Waals surface area contributed by atoms with Crippen molar-refractivity contribution in [3.8, 4) is 5.88 Å². The van der Waals surface area contributed by atoms with Crippen molar-refractivity contribution in [1.29, 1.82) is 0 Å². The van der Waals surface area contributed by atoms with Gasteiger partial charge in [-0.2, -0.15) is 5.10 Å². The van der Waals surface area contributed by atoms with E-state index in [2.05, 4.69) is 15.4 Å². The number of aliphatic hydroxyl groups excluding tert-OH is 1. The van der Waals surface area contributed by atoms with Gasteiger partial charge in [-0.05, 0) is 32.4 Å². The predicted octanol–water partition coefficient (Wildman–Crippen LogP) is 1.82. The molecule has 21 heavy (non-hydrogen) atoms. The molecular formula is C15H22N4O2. The molecule has 0 aliphatic rings. The summed E-state index contributed by atoms with van der Waals surface area (Å²) in [6.45, 7) is 7.23. The van der Waals surface area contributed by atoms with Gasteiger partial charge in [-0.25, -0.2) is 4.98 Å². The molecule has 0 aromatic carbocycles. The van der Waals surface area contributed by atoms with Gasteiger partial charge in [0.05, 0.1) is 31.6 Å². The van der Waals surface area contributed by atoms with Crippen LogP contribution in [0.5, 0.6) is 5.88 Å². The second-order valence-electron chi connectivity index (χ2n) is 5.02. The highest BCUT2D eigenvalue weighted by molar-refractivity contribution is 5.54. The summed E-state index contributed by atoms with van der Waals surface area (Å²) < 4.78 is 7.10. The Hall–Kier alpha value is -2.08. The van der Waals surface area contributed by atoms with Crippen LogP contribution in [0.25, 0.3) is 0 Å². The summed E-state index contributed by atoms with van der Waals surface area (Å²) in [5.41, 5.74) is 5.10. The number of aliphatic hydroxyl groups is 1. The van der Waals surface area contributed by atoms with Crippen molar-refractivity contribution in [3.63, 3.8) is 0 Å². The lowest BCUT2D eigenvalue weighted by molar-refractivity contribution is 0.268. The molecule has 0 aliphatic carbocycles. The van der Waals surface area contributed by atoms with Crippen molar-refractivity contribution >= 4 is 5.69 Å². The Morgan fingerprint density at radius 1 is 1.33 bits per heavy atom. The normalized spacial score (nSPS) is 10.7. The van der Waals surface area contributed by atoms with E-state index in [-0.39, 0.29) is 6.61 Å². The smallest absolute Gasteiger partial charge is 0.237 e. The number of hydrogen-bond acceptors (Lipinski definition) is 5. The molecule has 0 aliphatic heterocycles. The molecule has 6 nitrogen and oxygen atoms in total. The SMILES string of the molecule is COc1ncc(C)cc1NCc1c(C)nn(CCO)c1C. The summed E-state index contributed by atoms with van der Waals surface area (Å²) in [7, 11) is 1.61. The largest absolute Gasteiger partial charge is 0.480 e. The van der Waals surface area contributed by atoms with Gasteiger partial charge in [-0.1, -0.05) is 0 Å². The number of nitrogens with zero attached hydrogens (tertiary/aromatic N) is 3. The number of anilines is 1. The molecule has 0 fully saturated rings. The highest BCUT2D eigenvalue weighted by atomic mass is 16.5. The van der Waals surface area contributed by atoms with Gasteiger partial charge in [0, 0.05) is 24.0 Å². The van der Waals surface area contributed by atoms with E-state index in [0.717, 1.165) is 28.2 Å². The quantitative estimate of drug-likeness (QED) is 0.849.